The van der Waals surface area contributed by atoms with Crippen LogP contribution in [0.25, 0.3) is 0 Å². The average Bonchev–Trinajstić information content (AvgIpc) is 3.14. The van der Waals surface area contributed by atoms with Crippen molar-refractivity contribution in [3.05, 3.63) is 45.7 Å². The predicted octanol–water partition coefficient (Wildman–Crippen LogP) is 1.33. The predicted molar refractivity (Wildman–Crippen MR) is 75.2 cm³/mol. The summed E-state index contributed by atoms with van der Waals surface area (Å²) in [5.41, 5.74) is -0.342. The Bertz CT molecular complexity index is 649. The van der Waals surface area contributed by atoms with Crippen molar-refractivity contribution in [2.45, 2.75) is 25.8 Å². The molecule has 1 atom stereocenters. The molecular formula is C13H16N4O5. The Labute approximate surface area is 125 Å². The van der Waals surface area contributed by atoms with Gasteiger partial charge in [-0.15, -0.1) is 0 Å². The Hall–Kier alpha value is -2.68. The first kappa shape index (κ1) is 15.7. The third-order valence-electron chi connectivity index (χ3n) is 3.08. The van der Waals surface area contributed by atoms with Gasteiger partial charge < -0.3 is 14.8 Å². The number of aromatic nitrogens is 2. The van der Waals surface area contributed by atoms with Crippen LogP contribution in [0.2, 0.25) is 0 Å². The van der Waals surface area contributed by atoms with Crippen LogP contribution in [0.15, 0.2) is 22.8 Å². The number of H-pyrrole nitrogens is 1. The van der Waals surface area contributed by atoms with Crippen LogP contribution in [0.1, 0.15) is 41.3 Å². The van der Waals surface area contributed by atoms with Crippen LogP contribution >= 0.6 is 0 Å². The van der Waals surface area contributed by atoms with Crippen LogP contribution in [0.5, 0.6) is 0 Å². The lowest BCUT2D eigenvalue weighted by molar-refractivity contribution is -0.385. The Balaban J connectivity index is 2.24. The number of carbonyl (C=O) groups is 1. The molecule has 0 aromatic carbocycles. The van der Waals surface area contributed by atoms with Gasteiger partial charge in [0.15, 0.2) is 0 Å². The van der Waals surface area contributed by atoms with Gasteiger partial charge in [-0.25, -0.2) is 0 Å². The SMILES string of the molecule is CCCc1[nH]nc(C(=O)NC(CO)c2ccco2)c1[N+](=O)[O-]. The Morgan fingerprint density at radius 3 is 2.95 bits per heavy atom. The summed E-state index contributed by atoms with van der Waals surface area (Å²) < 4.78 is 5.11. The molecule has 1 amide bonds. The quantitative estimate of drug-likeness (QED) is 0.521. The van der Waals surface area contributed by atoms with E-state index in [0.717, 1.165) is 0 Å². The third-order valence-corrected chi connectivity index (χ3v) is 3.08. The van der Waals surface area contributed by atoms with E-state index in [0.29, 0.717) is 24.3 Å². The fourth-order valence-electron chi connectivity index (χ4n) is 2.07. The number of amides is 1. The minimum Gasteiger partial charge on any atom is -0.467 e. The molecule has 118 valence electrons. The molecule has 2 aromatic rings. The summed E-state index contributed by atoms with van der Waals surface area (Å²) in [5.74, 6) is -0.399. The largest absolute Gasteiger partial charge is 0.467 e. The minimum absolute atomic E-state index is 0.302. The standard InChI is InChI=1S/C13H16N4O5/c1-2-4-8-12(17(20)21)11(16-15-8)13(19)14-9(7-18)10-5-3-6-22-10/h3,5-6,9,18H,2,4,7H2,1H3,(H,14,19)(H,15,16). The summed E-state index contributed by atoms with van der Waals surface area (Å²) in [4.78, 5) is 22.7. The maximum absolute atomic E-state index is 12.2. The van der Waals surface area contributed by atoms with Gasteiger partial charge in [0.25, 0.3) is 5.91 Å². The zero-order valence-corrected chi connectivity index (χ0v) is 11.9. The molecular weight excluding hydrogens is 292 g/mol. The van der Waals surface area contributed by atoms with Crippen molar-refractivity contribution in [3.8, 4) is 0 Å². The summed E-state index contributed by atoms with van der Waals surface area (Å²) in [6.07, 6.45) is 2.49. The van der Waals surface area contributed by atoms with E-state index in [1.54, 1.807) is 12.1 Å². The van der Waals surface area contributed by atoms with Crippen molar-refractivity contribution in [1.29, 1.82) is 0 Å². The van der Waals surface area contributed by atoms with E-state index < -0.39 is 23.5 Å². The Morgan fingerprint density at radius 1 is 1.64 bits per heavy atom. The number of aryl methyl sites for hydroxylation is 1. The maximum Gasteiger partial charge on any atom is 0.322 e. The van der Waals surface area contributed by atoms with Crippen LogP contribution in [0, 0.1) is 10.1 Å². The smallest absolute Gasteiger partial charge is 0.322 e. The average molecular weight is 308 g/mol. The van der Waals surface area contributed by atoms with E-state index in [4.69, 9.17) is 4.42 Å². The molecule has 0 bridgehead atoms. The first-order valence-corrected chi connectivity index (χ1v) is 6.75. The van der Waals surface area contributed by atoms with Crippen molar-refractivity contribution >= 4 is 11.6 Å². The molecule has 0 saturated heterocycles. The summed E-state index contributed by atoms with van der Waals surface area (Å²) in [6, 6.07) is 2.40. The van der Waals surface area contributed by atoms with Gasteiger partial charge in [-0.1, -0.05) is 13.3 Å². The molecule has 0 radical (unpaired) electrons. The number of rotatable bonds is 7. The van der Waals surface area contributed by atoms with Gasteiger partial charge in [-0.05, 0) is 18.6 Å². The lowest BCUT2D eigenvalue weighted by Crippen LogP contribution is -2.31. The van der Waals surface area contributed by atoms with Crippen LogP contribution in [0.4, 0.5) is 5.69 Å². The van der Waals surface area contributed by atoms with E-state index >= 15 is 0 Å². The highest BCUT2D eigenvalue weighted by Crippen LogP contribution is 2.23. The van der Waals surface area contributed by atoms with E-state index in [-0.39, 0.29) is 11.4 Å². The van der Waals surface area contributed by atoms with Crippen molar-refractivity contribution in [2.75, 3.05) is 6.61 Å². The first-order valence-electron chi connectivity index (χ1n) is 6.75. The number of carbonyl (C=O) groups excluding carboxylic acids is 1. The molecule has 0 saturated carbocycles. The summed E-state index contributed by atoms with van der Waals surface area (Å²) in [5, 5.41) is 29.2. The van der Waals surface area contributed by atoms with Gasteiger partial charge in [0.2, 0.25) is 5.69 Å². The minimum atomic E-state index is -0.798. The van der Waals surface area contributed by atoms with Crippen LogP contribution in [0.3, 0.4) is 0 Å². The van der Waals surface area contributed by atoms with Gasteiger partial charge in [0.1, 0.15) is 17.5 Å². The zero-order chi connectivity index (χ0) is 16.1. The van der Waals surface area contributed by atoms with Crippen molar-refractivity contribution in [2.24, 2.45) is 0 Å². The number of aromatic amines is 1. The van der Waals surface area contributed by atoms with Crippen LogP contribution < -0.4 is 5.32 Å². The molecule has 2 aromatic heterocycles. The molecule has 2 heterocycles. The van der Waals surface area contributed by atoms with Crippen molar-refractivity contribution < 1.29 is 19.2 Å². The van der Waals surface area contributed by atoms with E-state index in [1.165, 1.54) is 6.26 Å². The van der Waals surface area contributed by atoms with Crippen molar-refractivity contribution in [3.63, 3.8) is 0 Å². The molecule has 9 nitrogen and oxygen atoms in total. The topological polar surface area (TPSA) is 134 Å². The molecule has 0 aliphatic rings. The molecule has 0 spiro atoms. The lowest BCUT2D eigenvalue weighted by atomic mass is 10.2. The second kappa shape index (κ2) is 6.85. The fourth-order valence-corrected chi connectivity index (χ4v) is 2.07. The second-order valence-electron chi connectivity index (χ2n) is 4.63. The molecule has 0 aliphatic carbocycles. The summed E-state index contributed by atoms with van der Waals surface area (Å²) >= 11 is 0. The highest BCUT2D eigenvalue weighted by molar-refractivity contribution is 5.96. The molecule has 1 unspecified atom stereocenters. The molecule has 0 aliphatic heterocycles. The number of furan rings is 1. The Morgan fingerprint density at radius 2 is 2.41 bits per heavy atom. The maximum atomic E-state index is 12.2. The van der Waals surface area contributed by atoms with Crippen LogP contribution in [-0.2, 0) is 6.42 Å². The third kappa shape index (κ3) is 3.14. The molecule has 2 rings (SSSR count). The molecule has 22 heavy (non-hydrogen) atoms. The number of nitrogens with one attached hydrogen (secondary N) is 2. The van der Waals surface area contributed by atoms with Gasteiger partial charge >= 0.3 is 5.69 Å². The Kier molecular flexibility index (Phi) is 4.89. The number of hydrogen-bond acceptors (Lipinski definition) is 6. The lowest BCUT2D eigenvalue weighted by Gasteiger charge is -2.12. The monoisotopic (exact) mass is 308 g/mol. The fraction of sp³-hybridized carbons (Fsp3) is 0.385. The highest BCUT2D eigenvalue weighted by Gasteiger charge is 2.30. The highest BCUT2D eigenvalue weighted by atomic mass is 16.6. The molecule has 3 N–H and O–H groups in total. The van der Waals surface area contributed by atoms with E-state index in [9.17, 15) is 20.0 Å². The second-order valence-corrected chi connectivity index (χ2v) is 4.63. The van der Waals surface area contributed by atoms with Gasteiger partial charge in [0, 0.05) is 0 Å². The van der Waals surface area contributed by atoms with Crippen molar-refractivity contribution in [1.82, 2.24) is 15.5 Å². The van der Waals surface area contributed by atoms with E-state index in [1.807, 2.05) is 6.92 Å². The van der Waals surface area contributed by atoms with Gasteiger partial charge in [-0.3, -0.25) is 20.0 Å². The van der Waals surface area contributed by atoms with Crippen LogP contribution in [-0.4, -0.2) is 32.7 Å². The molecule has 9 heteroatoms. The summed E-state index contributed by atoms with van der Waals surface area (Å²) in [6.45, 7) is 1.46. The van der Waals surface area contributed by atoms with E-state index in [2.05, 4.69) is 15.5 Å². The number of aliphatic hydroxyl groups is 1. The van der Waals surface area contributed by atoms with Gasteiger partial charge in [-0.2, -0.15) is 5.10 Å². The van der Waals surface area contributed by atoms with Gasteiger partial charge in [0.05, 0.1) is 17.8 Å². The first-order chi connectivity index (χ1) is 10.6. The number of hydrogen-bond donors (Lipinski definition) is 3. The number of nitrogens with zero attached hydrogens (tertiary/aromatic N) is 2. The zero-order valence-electron chi connectivity index (χ0n) is 11.9. The number of nitro groups is 1. The normalized spacial score (nSPS) is 12.1. The molecule has 0 fully saturated rings. The summed E-state index contributed by atoms with van der Waals surface area (Å²) in [7, 11) is 0. The number of aliphatic hydroxyl groups excluding tert-OH is 1.